The molecule has 2 N–H and O–H groups in total. The van der Waals surface area contributed by atoms with E-state index in [9.17, 15) is 18.0 Å². The third kappa shape index (κ3) is 9.74. The Morgan fingerprint density at radius 2 is 1.90 bits per heavy atom. The van der Waals surface area contributed by atoms with E-state index in [1.165, 1.54) is 0 Å². The summed E-state index contributed by atoms with van der Waals surface area (Å²) in [6, 6.07) is 0. The van der Waals surface area contributed by atoms with Gasteiger partial charge in [-0.2, -0.15) is 0 Å². The lowest BCUT2D eigenvalue weighted by atomic mass is 9.94. The van der Waals surface area contributed by atoms with E-state index in [-0.39, 0.29) is 31.4 Å². The fourth-order valence-electron chi connectivity index (χ4n) is 1.81. The molecule has 1 atom stereocenters. The molecule has 7 nitrogen and oxygen atoms in total. The molecule has 0 saturated heterocycles. The van der Waals surface area contributed by atoms with Gasteiger partial charge in [0.15, 0.2) is 5.75 Å². The van der Waals surface area contributed by atoms with Crippen molar-refractivity contribution in [3.05, 3.63) is 0 Å². The van der Waals surface area contributed by atoms with Crippen LogP contribution in [0.15, 0.2) is 0 Å². The van der Waals surface area contributed by atoms with Crippen LogP contribution >= 0.6 is 0 Å². The predicted octanol–water partition coefficient (Wildman–Crippen LogP) is 0.606. The van der Waals surface area contributed by atoms with Crippen molar-refractivity contribution in [3.63, 3.8) is 0 Å². The van der Waals surface area contributed by atoms with Crippen molar-refractivity contribution in [2.45, 2.75) is 33.6 Å². The number of hydrogen-bond donors (Lipinski definition) is 2. The van der Waals surface area contributed by atoms with E-state index in [1.54, 1.807) is 6.92 Å². The molecule has 0 aliphatic heterocycles. The molecule has 0 spiro atoms. The fourth-order valence-corrected chi connectivity index (χ4v) is 2.79. The lowest BCUT2D eigenvalue weighted by Crippen LogP contribution is -2.35. The van der Waals surface area contributed by atoms with E-state index in [0.717, 1.165) is 0 Å². The monoisotopic (exact) mass is 309 g/mol. The Morgan fingerprint density at radius 1 is 1.30 bits per heavy atom. The van der Waals surface area contributed by atoms with Crippen molar-refractivity contribution in [1.29, 1.82) is 0 Å². The van der Waals surface area contributed by atoms with Gasteiger partial charge in [0.2, 0.25) is 10.0 Å². The summed E-state index contributed by atoms with van der Waals surface area (Å²) in [4.78, 5) is 21.9. The molecule has 0 aliphatic carbocycles. The van der Waals surface area contributed by atoms with Crippen molar-refractivity contribution >= 4 is 22.0 Å². The van der Waals surface area contributed by atoms with Gasteiger partial charge in [0.05, 0.1) is 6.61 Å². The van der Waals surface area contributed by atoms with E-state index in [0.29, 0.717) is 6.42 Å². The van der Waals surface area contributed by atoms with Gasteiger partial charge in [-0.15, -0.1) is 0 Å². The summed E-state index contributed by atoms with van der Waals surface area (Å²) in [5.41, 5.74) is 0. The van der Waals surface area contributed by atoms with Gasteiger partial charge >= 0.3 is 11.9 Å². The molecule has 0 rings (SSSR count). The highest BCUT2D eigenvalue weighted by molar-refractivity contribution is 7.90. The van der Waals surface area contributed by atoms with Crippen LogP contribution in [-0.4, -0.2) is 44.4 Å². The Balaban J connectivity index is 4.44. The molecule has 1 unspecified atom stereocenters. The van der Waals surface area contributed by atoms with Crippen LogP contribution in [0.2, 0.25) is 0 Å². The zero-order chi connectivity index (χ0) is 15.8. The lowest BCUT2D eigenvalue weighted by molar-refractivity contribution is -0.140. The number of rotatable bonds is 10. The SMILES string of the molecule is CCOC(=O)CS(=O)(=O)NCC(CC(=O)O)CC(C)C. The van der Waals surface area contributed by atoms with Gasteiger partial charge in [-0.25, -0.2) is 13.1 Å². The zero-order valence-electron chi connectivity index (χ0n) is 12.1. The largest absolute Gasteiger partial charge is 0.481 e. The average molecular weight is 309 g/mol. The summed E-state index contributed by atoms with van der Waals surface area (Å²) in [7, 11) is -3.79. The number of nitrogens with one attached hydrogen (secondary N) is 1. The van der Waals surface area contributed by atoms with Crippen molar-refractivity contribution in [3.8, 4) is 0 Å². The normalized spacial score (nSPS) is 13.2. The highest BCUT2D eigenvalue weighted by atomic mass is 32.2. The van der Waals surface area contributed by atoms with Gasteiger partial charge in [0, 0.05) is 13.0 Å². The first-order valence-corrected chi connectivity index (χ1v) is 8.16. The van der Waals surface area contributed by atoms with Gasteiger partial charge in [0.25, 0.3) is 0 Å². The molecule has 8 heteroatoms. The van der Waals surface area contributed by atoms with Crippen LogP contribution in [0.5, 0.6) is 0 Å². The highest BCUT2D eigenvalue weighted by Gasteiger charge is 2.21. The molecular weight excluding hydrogens is 286 g/mol. The van der Waals surface area contributed by atoms with Gasteiger partial charge in [0.1, 0.15) is 0 Å². The number of carboxylic acid groups (broad SMARTS) is 1. The Morgan fingerprint density at radius 3 is 2.35 bits per heavy atom. The van der Waals surface area contributed by atoms with Gasteiger partial charge in [-0.1, -0.05) is 13.8 Å². The van der Waals surface area contributed by atoms with Crippen LogP contribution in [0.25, 0.3) is 0 Å². The number of carboxylic acids is 1. The van der Waals surface area contributed by atoms with Gasteiger partial charge in [-0.3, -0.25) is 9.59 Å². The third-order valence-electron chi connectivity index (χ3n) is 2.47. The maximum Gasteiger partial charge on any atom is 0.322 e. The molecular formula is C12H23NO6S. The average Bonchev–Trinajstić information content (AvgIpc) is 2.24. The fraction of sp³-hybridized carbons (Fsp3) is 0.833. The Labute approximate surface area is 119 Å². The van der Waals surface area contributed by atoms with Crippen LogP contribution in [0.3, 0.4) is 0 Å². The van der Waals surface area contributed by atoms with Gasteiger partial charge in [-0.05, 0) is 25.2 Å². The molecule has 0 fully saturated rings. The lowest BCUT2D eigenvalue weighted by Gasteiger charge is -2.17. The van der Waals surface area contributed by atoms with Crippen molar-refractivity contribution in [2.24, 2.45) is 11.8 Å². The number of esters is 1. The molecule has 0 aliphatic rings. The molecule has 20 heavy (non-hydrogen) atoms. The molecule has 0 radical (unpaired) electrons. The summed E-state index contributed by atoms with van der Waals surface area (Å²) in [6.07, 6.45) is 0.480. The Bertz CT molecular complexity index is 418. The second-order valence-corrected chi connectivity index (χ2v) is 6.81. The van der Waals surface area contributed by atoms with Crippen LogP contribution in [0.4, 0.5) is 0 Å². The second kappa shape index (κ2) is 8.91. The number of hydrogen-bond acceptors (Lipinski definition) is 5. The Hall–Kier alpha value is -1.15. The first-order chi connectivity index (χ1) is 9.16. The number of sulfonamides is 1. The summed E-state index contributed by atoms with van der Waals surface area (Å²) in [6.45, 7) is 5.57. The second-order valence-electron chi connectivity index (χ2n) is 5.01. The minimum absolute atomic E-state index is 0.00617. The smallest absolute Gasteiger partial charge is 0.322 e. The molecule has 118 valence electrons. The quantitative estimate of drug-likeness (QED) is 0.572. The van der Waals surface area contributed by atoms with E-state index in [4.69, 9.17) is 5.11 Å². The molecule has 0 aromatic rings. The van der Waals surface area contributed by atoms with Crippen molar-refractivity contribution in [1.82, 2.24) is 4.72 Å². The number of aliphatic carboxylic acids is 1. The first-order valence-electron chi connectivity index (χ1n) is 6.51. The molecule has 0 aromatic heterocycles. The Kier molecular flexibility index (Phi) is 8.40. The summed E-state index contributed by atoms with van der Waals surface area (Å²) in [5.74, 6) is -2.58. The molecule has 0 amide bonds. The van der Waals surface area contributed by atoms with E-state index in [1.807, 2.05) is 13.8 Å². The van der Waals surface area contributed by atoms with Crippen LogP contribution in [0, 0.1) is 11.8 Å². The maximum atomic E-state index is 11.6. The maximum absolute atomic E-state index is 11.6. The number of ether oxygens (including phenoxy) is 1. The zero-order valence-corrected chi connectivity index (χ0v) is 12.9. The van der Waals surface area contributed by atoms with Crippen LogP contribution in [0.1, 0.15) is 33.6 Å². The summed E-state index contributed by atoms with van der Waals surface area (Å²) >= 11 is 0. The molecule has 0 saturated carbocycles. The first kappa shape index (κ1) is 18.9. The highest BCUT2D eigenvalue weighted by Crippen LogP contribution is 2.15. The molecule has 0 heterocycles. The van der Waals surface area contributed by atoms with Crippen LogP contribution < -0.4 is 4.72 Å². The standard InChI is InChI=1S/C12H23NO6S/c1-4-19-12(16)8-20(17,18)13-7-10(5-9(2)3)6-11(14)15/h9-10,13H,4-8H2,1-3H3,(H,14,15). The van der Waals surface area contributed by atoms with E-state index >= 15 is 0 Å². The minimum atomic E-state index is -3.79. The number of carbonyl (C=O) groups is 2. The third-order valence-corrected chi connectivity index (χ3v) is 3.70. The van der Waals surface area contributed by atoms with Gasteiger partial charge < -0.3 is 9.84 Å². The van der Waals surface area contributed by atoms with Crippen molar-refractivity contribution in [2.75, 3.05) is 18.9 Å². The van der Waals surface area contributed by atoms with Crippen LogP contribution in [-0.2, 0) is 24.3 Å². The molecule has 0 aromatic carbocycles. The van der Waals surface area contributed by atoms with E-state index in [2.05, 4.69) is 9.46 Å². The van der Waals surface area contributed by atoms with E-state index < -0.39 is 27.7 Å². The topological polar surface area (TPSA) is 110 Å². The molecule has 0 bridgehead atoms. The van der Waals surface area contributed by atoms with Crippen molar-refractivity contribution < 1.29 is 27.9 Å². The predicted molar refractivity (Wildman–Crippen MR) is 73.6 cm³/mol. The number of carbonyl (C=O) groups excluding carboxylic acids is 1. The minimum Gasteiger partial charge on any atom is -0.481 e. The summed E-state index contributed by atoms with van der Waals surface area (Å²) < 4.78 is 30.1. The summed E-state index contributed by atoms with van der Waals surface area (Å²) in [5, 5.41) is 8.79.